The molecule has 0 bridgehead atoms. The highest BCUT2D eigenvalue weighted by Crippen LogP contribution is 2.31. The molecule has 1 aromatic carbocycles. The quantitative estimate of drug-likeness (QED) is 0.297. The van der Waals surface area contributed by atoms with E-state index in [-0.39, 0.29) is 12.0 Å². The summed E-state index contributed by atoms with van der Waals surface area (Å²) >= 11 is 0. The number of rotatable bonds is 1. The molecule has 98 valence electrons. The number of aryl methyl sites for hydroxylation is 1. The molecule has 1 atom stereocenters. The van der Waals surface area contributed by atoms with Crippen molar-refractivity contribution in [2.45, 2.75) is 25.3 Å². The second-order valence-electron chi connectivity index (χ2n) is 3.90. The van der Waals surface area contributed by atoms with Crippen LogP contribution >= 0.6 is 0 Å². The Morgan fingerprint density at radius 1 is 1.44 bits per heavy atom. The average Bonchev–Trinajstić information content (AvgIpc) is 2.28. The van der Waals surface area contributed by atoms with Crippen molar-refractivity contribution < 1.29 is 10.3 Å². The van der Waals surface area contributed by atoms with E-state index in [9.17, 15) is 0 Å². The third-order valence-corrected chi connectivity index (χ3v) is 2.64. The molecule has 0 aliphatic heterocycles. The van der Waals surface area contributed by atoms with Crippen molar-refractivity contribution in [3.05, 3.63) is 45.5 Å². The second-order valence-corrected chi connectivity index (χ2v) is 3.90. The van der Waals surface area contributed by atoms with Crippen molar-refractivity contribution in [2.24, 2.45) is 16.5 Å². The Labute approximate surface area is 104 Å². The molecule has 1 aliphatic rings. The summed E-state index contributed by atoms with van der Waals surface area (Å²) in [7, 11) is 0. The van der Waals surface area contributed by atoms with E-state index < -0.39 is 5.09 Å². The molecule has 0 saturated carbocycles. The average molecular weight is 252 g/mol. The fraction of sp³-hybridized carbons (Fsp3) is 0.364. The number of hydrogen-bond donors (Lipinski definition) is 3. The Hall–Kier alpha value is -2.31. The van der Waals surface area contributed by atoms with E-state index in [0.29, 0.717) is 0 Å². The lowest BCUT2D eigenvalue weighted by Crippen LogP contribution is -2.24. The number of fused-ring (bicyclic) bond motifs is 1. The Kier molecular flexibility index (Phi) is 4.91. The van der Waals surface area contributed by atoms with Gasteiger partial charge in [0.1, 0.15) is 0 Å². The molecule has 0 saturated heterocycles. The van der Waals surface area contributed by atoms with Crippen LogP contribution < -0.4 is 11.5 Å². The molecule has 0 spiro atoms. The summed E-state index contributed by atoms with van der Waals surface area (Å²) < 4.78 is 0. The van der Waals surface area contributed by atoms with Crippen LogP contribution in [0, 0.1) is 10.1 Å². The fourth-order valence-electron chi connectivity index (χ4n) is 2.04. The van der Waals surface area contributed by atoms with Crippen LogP contribution in [0.3, 0.4) is 0 Å². The summed E-state index contributed by atoms with van der Waals surface area (Å²) in [5, 5.41) is 13.6. The van der Waals surface area contributed by atoms with Crippen LogP contribution in [0.5, 0.6) is 0 Å². The minimum atomic E-state index is -1.50. The summed E-state index contributed by atoms with van der Waals surface area (Å²) in [5.74, 6) is 0.187. The molecule has 0 radical (unpaired) electrons. The monoisotopic (exact) mass is 252 g/mol. The van der Waals surface area contributed by atoms with Crippen LogP contribution in [0.25, 0.3) is 0 Å². The largest absolute Gasteiger partial charge is 0.370 e. The van der Waals surface area contributed by atoms with Crippen molar-refractivity contribution in [3.63, 3.8) is 0 Å². The molecular formula is C11H16N4O3. The SMILES string of the molecule is NC(N)=NC1CCCc2ccccc21.O=[N+]([O-])O. The zero-order valence-corrected chi connectivity index (χ0v) is 9.82. The van der Waals surface area contributed by atoms with Gasteiger partial charge in [0.25, 0.3) is 5.09 Å². The lowest BCUT2D eigenvalue weighted by molar-refractivity contribution is -0.742. The molecule has 5 N–H and O–H groups in total. The molecule has 0 aromatic heterocycles. The Bertz CT molecular complexity index is 440. The van der Waals surface area contributed by atoms with E-state index in [4.69, 9.17) is 26.8 Å². The molecule has 7 nitrogen and oxygen atoms in total. The van der Waals surface area contributed by atoms with Gasteiger partial charge in [-0.05, 0) is 30.4 Å². The maximum atomic E-state index is 8.36. The summed E-state index contributed by atoms with van der Waals surface area (Å²) in [4.78, 5) is 12.6. The maximum absolute atomic E-state index is 8.36. The third kappa shape index (κ3) is 4.28. The number of guanidine groups is 1. The number of nitrogens with zero attached hydrogens (tertiary/aromatic N) is 2. The molecule has 7 heteroatoms. The summed E-state index contributed by atoms with van der Waals surface area (Å²) in [6.07, 6.45) is 3.36. The van der Waals surface area contributed by atoms with Crippen LogP contribution in [-0.4, -0.2) is 16.3 Å². The van der Waals surface area contributed by atoms with Gasteiger partial charge in [0.15, 0.2) is 5.96 Å². The highest BCUT2D eigenvalue weighted by Gasteiger charge is 2.18. The van der Waals surface area contributed by atoms with Crippen LogP contribution in [0.4, 0.5) is 0 Å². The van der Waals surface area contributed by atoms with E-state index >= 15 is 0 Å². The maximum Gasteiger partial charge on any atom is 0.291 e. The first-order chi connectivity index (χ1) is 8.50. The van der Waals surface area contributed by atoms with E-state index in [1.807, 2.05) is 6.07 Å². The Morgan fingerprint density at radius 2 is 2.06 bits per heavy atom. The van der Waals surface area contributed by atoms with Crippen molar-refractivity contribution in [1.82, 2.24) is 0 Å². The van der Waals surface area contributed by atoms with Crippen molar-refractivity contribution >= 4 is 5.96 Å². The summed E-state index contributed by atoms with van der Waals surface area (Å²) in [6, 6.07) is 8.55. The smallest absolute Gasteiger partial charge is 0.291 e. The number of aliphatic imine (C=N–C) groups is 1. The van der Waals surface area contributed by atoms with Crippen LogP contribution in [-0.2, 0) is 6.42 Å². The standard InChI is InChI=1S/C11H15N3.HNO3/c12-11(13)14-10-7-3-5-8-4-1-2-6-9(8)10;2-1(3)4/h1-2,4,6,10H,3,5,7H2,(H4,12,13,14);(H,2,3,4). The lowest BCUT2D eigenvalue weighted by Gasteiger charge is -2.22. The minimum Gasteiger partial charge on any atom is -0.370 e. The first-order valence-corrected chi connectivity index (χ1v) is 5.50. The first-order valence-electron chi connectivity index (χ1n) is 5.50. The first kappa shape index (κ1) is 13.8. The van der Waals surface area contributed by atoms with Crippen LogP contribution in [0.2, 0.25) is 0 Å². The molecular weight excluding hydrogens is 236 g/mol. The van der Waals surface area contributed by atoms with E-state index in [2.05, 4.69) is 23.2 Å². The van der Waals surface area contributed by atoms with Crippen molar-refractivity contribution in [1.29, 1.82) is 0 Å². The minimum absolute atomic E-state index is 0.171. The Balaban J connectivity index is 0.000000357. The van der Waals surface area contributed by atoms with Gasteiger partial charge in [-0.15, -0.1) is 10.1 Å². The molecule has 18 heavy (non-hydrogen) atoms. The van der Waals surface area contributed by atoms with E-state index in [1.54, 1.807) is 0 Å². The van der Waals surface area contributed by atoms with Gasteiger partial charge in [0, 0.05) is 0 Å². The zero-order valence-electron chi connectivity index (χ0n) is 9.82. The third-order valence-electron chi connectivity index (χ3n) is 2.64. The van der Waals surface area contributed by atoms with Gasteiger partial charge in [-0.2, -0.15) is 0 Å². The molecule has 0 fully saturated rings. The van der Waals surface area contributed by atoms with Gasteiger partial charge < -0.3 is 16.7 Å². The molecule has 1 unspecified atom stereocenters. The molecule has 0 heterocycles. The van der Waals surface area contributed by atoms with Gasteiger partial charge in [0.05, 0.1) is 6.04 Å². The highest BCUT2D eigenvalue weighted by atomic mass is 16.9. The lowest BCUT2D eigenvalue weighted by atomic mass is 9.88. The fourth-order valence-corrected chi connectivity index (χ4v) is 2.04. The predicted molar refractivity (Wildman–Crippen MR) is 66.7 cm³/mol. The van der Waals surface area contributed by atoms with Gasteiger partial charge >= 0.3 is 0 Å². The van der Waals surface area contributed by atoms with Crippen molar-refractivity contribution in [3.8, 4) is 0 Å². The highest BCUT2D eigenvalue weighted by molar-refractivity contribution is 5.76. The van der Waals surface area contributed by atoms with E-state index in [0.717, 1.165) is 12.8 Å². The van der Waals surface area contributed by atoms with Gasteiger partial charge in [-0.25, -0.2) is 4.99 Å². The predicted octanol–water partition coefficient (Wildman–Crippen LogP) is 0.990. The summed E-state index contributed by atoms with van der Waals surface area (Å²) in [5.41, 5.74) is 13.5. The van der Waals surface area contributed by atoms with E-state index in [1.165, 1.54) is 17.5 Å². The van der Waals surface area contributed by atoms with Crippen LogP contribution in [0.1, 0.15) is 30.0 Å². The topological polar surface area (TPSA) is 128 Å². The number of nitrogens with two attached hydrogens (primary N) is 2. The van der Waals surface area contributed by atoms with Gasteiger partial charge in [-0.3, -0.25) is 0 Å². The zero-order chi connectivity index (χ0) is 13.5. The molecule has 0 amide bonds. The molecule has 1 aromatic rings. The van der Waals surface area contributed by atoms with Crippen molar-refractivity contribution in [2.75, 3.05) is 0 Å². The Morgan fingerprint density at radius 3 is 2.67 bits per heavy atom. The number of hydrogen-bond acceptors (Lipinski definition) is 3. The van der Waals surface area contributed by atoms with Gasteiger partial charge in [-0.1, -0.05) is 24.3 Å². The molecule has 2 rings (SSSR count). The molecule has 1 aliphatic carbocycles. The van der Waals surface area contributed by atoms with Gasteiger partial charge in [0.2, 0.25) is 0 Å². The normalized spacial score (nSPS) is 16.8. The summed E-state index contributed by atoms with van der Waals surface area (Å²) in [6.45, 7) is 0. The number of benzene rings is 1. The second kappa shape index (κ2) is 6.43. The van der Waals surface area contributed by atoms with Crippen LogP contribution in [0.15, 0.2) is 29.3 Å².